The number of hydrogen-bond donors (Lipinski definition) is 0. The number of para-hydroxylation sites is 1. The highest BCUT2D eigenvalue weighted by atomic mass is 16.3. The Hall–Kier alpha value is -7.30. The minimum absolute atomic E-state index is 0.0365. The van der Waals surface area contributed by atoms with Crippen LogP contribution in [0.4, 0.5) is 11.4 Å². The fourth-order valence-corrected chi connectivity index (χ4v) is 12.3. The Kier molecular flexibility index (Phi) is 7.38. The lowest BCUT2D eigenvalue weighted by Crippen LogP contribution is -2.61. The van der Waals surface area contributed by atoms with Gasteiger partial charge in [-0.15, -0.1) is 0 Å². The zero-order valence-electron chi connectivity index (χ0n) is 37.5. The molecule has 14 rings (SSSR count). The second-order valence-corrected chi connectivity index (χ2v) is 20.4. The van der Waals surface area contributed by atoms with E-state index < -0.39 is 0 Å². The third kappa shape index (κ3) is 5.08. The van der Waals surface area contributed by atoms with Crippen LogP contribution in [-0.2, 0) is 10.8 Å². The van der Waals surface area contributed by atoms with Crippen molar-refractivity contribution in [2.45, 2.75) is 58.3 Å². The number of rotatable bonds is 3. The van der Waals surface area contributed by atoms with E-state index in [-0.39, 0.29) is 17.7 Å². The van der Waals surface area contributed by atoms with E-state index in [0.29, 0.717) is 0 Å². The van der Waals surface area contributed by atoms with Gasteiger partial charge >= 0.3 is 6.85 Å². The lowest BCUT2D eigenvalue weighted by Gasteiger charge is -2.46. The smallest absolute Gasteiger partial charge is 0.333 e. The standard InChI is InChI=1S/C61H47BN2O/c1-36-28-49-50(61(4,5)27-26-60(49,2)3)35-53(36)64-54-33-40-21-13-12-20-39(40)29-44(54)46-34-48-43-22-14-15-23-55(43)65-59(48)58-56(46)62(64)51-32-42(38-18-10-7-11-19-38)31-47-45-30-41(37-16-8-6-9-17-37)24-25-52(45)63(58)57(47)51/h6-25,28-35H,26-27H2,1-5H3. The van der Waals surface area contributed by atoms with Gasteiger partial charge in [-0.2, -0.15) is 0 Å². The minimum atomic E-state index is -0.167. The van der Waals surface area contributed by atoms with Crippen LogP contribution in [0, 0.1) is 6.92 Å². The molecule has 0 unspecified atom stereocenters. The summed E-state index contributed by atoms with van der Waals surface area (Å²) >= 11 is 0. The van der Waals surface area contributed by atoms with Gasteiger partial charge in [-0.05, 0) is 145 Å². The molecule has 65 heavy (non-hydrogen) atoms. The summed E-state index contributed by atoms with van der Waals surface area (Å²) in [5.41, 5.74) is 22.3. The van der Waals surface area contributed by atoms with Crippen molar-refractivity contribution < 1.29 is 4.42 Å². The molecule has 4 heteroatoms. The Balaban J connectivity index is 1.20. The minimum Gasteiger partial charge on any atom is -0.454 e. The van der Waals surface area contributed by atoms with Crippen molar-refractivity contribution in [1.29, 1.82) is 0 Å². The fourth-order valence-electron chi connectivity index (χ4n) is 12.3. The SMILES string of the molecule is Cc1cc2c(cc1N1B3c4c(cc5c(oc6ccccc65)c4-n4c5ccc(-c6ccccc6)cc5c5cc(-c6ccccc6)cc3c54)-c3cc4ccccc4cc31)C(C)(C)CCC2(C)C. The van der Waals surface area contributed by atoms with E-state index in [4.69, 9.17) is 4.42 Å². The van der Waals surface area contributed by atoms with Crippen LogP contribution >= 0.6 is 0 Å². The maximum atomic E-state index is 7.18. The van der Waals surface area contributed by atoms with Gasteiger partial charge in [-0.3, -0.25) is 0 Å². The first kappa shape index (κ1) is 37.1. The molecule has 4 heterocycles. The zero-order chi connectivity index (χ0) is 43.5. The quantitative estimate of drug-likeness (QED) is 0.165. The molecule has 1 aliphatic carbocycles. The van der Waals surface area contributed by atoms with Crippen LogP contribution in [0.15, 0.2) is 174 Å². The molecule has 0 saturated carbocycles. The first-order valence-electron chi connectivity index (χ1n) is 23.3. The van der Waals surface area contributed by atoms with Crippen molar-refractivity contribution in [2.24, 2.45) is 0 Å². The largest absolute Gasteiger partial charge is 0.454 e. The van der Waals surface area contributed by atoms with Crippen molar-refractivity contribution in [2.75, 3.05) is 4.81 Å². The maximum absolute atomic E-state index is 7.18. The summed E-state index contributed by atoms with van der Waals surface area (Å²) < 4.78 is 9.76. The summed E-state index contributed by atoms with van der Waals surface area (Å²) in [6.07, 6.45) is 2.33. The first-order chi connectivity index (χ1) is 31.6. The molecule has 0 fully saturated rings. The van der Waals surface area contributed by atoms with Gasteiger partial charge in [0.05, 0.1) is 16.7 Å². The fraction of sp³-hybridized carbons (Fsp3) is 0.148. The molecule has 2 aromatic heterocycles. The van der Waals surface area contributed by atoms with Crippen LogP contribution in [0.5, 0.6) is 0 Å². The van der Waals surface area contributed by atoms with Crippen LogP contribution in [0.25, 0.3) is 93.6 Å². The highest BCUT2D eigenvalue weighted by Gasteiger charge is 2.47. The monoisotopic (exact) mass is 834 g/mol. The predicted molar refractivity (Wildman–Crippen MR) is 275 cm³/mol. The summed E-state index contributed by atoms with van der Waals surface area (Å²) in [5, 5.41) is 7.27. The first-order valence-corrected chi connectivity index (χ1v) is 23.3. The summed E-state index contributed by atoms with van der Waals surface area (Å²) in [6, 6.07) is 63.9. The van der Waals surface area contributed by atoms with E-state index in [9.17, 15) is 0 Å². The number of fused-ring (bicyclic) bond motifs is 13. The van der Waals surface area contributed by atoms with Crippen molar-refractivity contribution in [3.63, 3.8) is 0 Å². The van der Waals surface area contributed by atoms with Gasteiger partial charge in [-0.1, -0.05) is 149 Å². The van der Waals surface area contributed by atoms with Crippen molar-refractivity contribution in [3.8, 4) is 39.1 Å². The van der Waals surface area contributed by atoms with Crippen LogP contribution < -0.4 is 15.7 Å². The Morgan fingerprint density at radius 2 is 1.15 bits per heavy atom. The molecule has 0 bridgehead atoms. The van der Waals surface area contributed by atoms with Crippen LogP contribution in [0.2, 0.25) is 0 Å². The van der Waals surface area contributed by atoms with Crippen LogP contribution in [-0.4, -0.2) is 11.4 Å². The van der Waals surface area contributed by atoms with Gasteiger partial charge in [-0.25, -0.2) is 0 Å². The van der Waals surface area contributed by atoms with Crippen molar-refractivity contribution >= 4 is 83.7 Å². The Labute approximate surface area is 379 Å². The van der Waals surface area contributed by atoms with Crippen molar-refractivity contribution in [3.05, 3.63) is 187 Å². The van der Waals surface area contributed by atoms with Crippen molar-refractivity contribution in [1.82, 2.24) is 4.57 Å². The Morgan fingerprint density at radius 1 is 0.508 bits per heavy atom. The molecule has 2 aliphatic heterocycles. The number of hydrogen-bond acceptors (Lipinski definition) is 2. The summed E-state index contributed by atoms with van der Waals surface area (Å²) in [7, 11) is 0. The molecular weight excluding hydrogens is 787 g/mol. The molecule has 0 atom stereocenters. The second-order valence-electron chi connectivity index (χ2n) is 20.4. The van der Waals surface area contributed by atoms with E-state index in [1.54, 1.807) is 0 Å². The van der Waals surface area contributed by atoms with Gasteiger partial charge in [0.2, 0.25) is 0 Å². The molecule has 11 aromatic rings. The number of nitrogens with zero attached hydrogens (tertiary/aromatic N) is 2. The van der Waals surface area contributed by atoms with Gasteiger partial charge < -0.3 is 13.8 Å². The van der Waals surface area contributed by atoms with E-state index >= 15 is 0 Å². The topological polar surface area (TPSA) is 21.3 Å². The molecule has 310 valence electrons. The normalized spacial score (nSPS) is 15.5. The molecule has 3 nitrogen and oxygen atoms in total. The highest BCUT2D eigenvalue weighted by molar-refractivity contribution is 6.94. The van der Waals surface area contributed by atoms with E-state index in [1.165, 1.54) is 111 Å². The Morgan fingerprint density at radius 3 is 1.91 bits per heavy atom. The molecule has 0 saturated heterocycles. The zero-order valence-corrected chi connectivity index (χ0v) is 37.5. The number of anilines is 2. The second kappa shape index (κ2) is 12.9. The van der Waals surface area contributed by atoms with E-state index in [0.717, 1.165) is 34.0 Å². The summed E-state index contributed by atoms with van der Waals surface area (Å²) in [5.74, 6) is 0. The average molecular weight is 835 g/mol. The lowest BCUT2D eigenvalue weighted by atomic mass is 9.43. The number of aryl methyl sites for hydroxylation is 1. The molecule has 9 aromatic carbocycles. The Bertz CT molecular complexity index is 3850. The third-order valence-corrected chi connectivity index (χ3v) is 15.7. The van der Waals surface area contributed by atoms with E-state index in [2.05, 4.69) is 214 Å². The molecule has 0 amide bonds. The van der Waals surface area contributed by atoms with Gasteiger partial charge in [0.1, 0.15) is 5.58 Å². The average Bonchev–Trinajstić information content (AvgIpc) is 3.87. The molecule has 0 N–H and O–H groups in total. The van der Waals surface area contributed by atoms with Crippen LogP contribution in [0.3, 0.4) is 0 Å². The van der Waals surface area contributed by atoms with Crippen LogP contribution in [0.1, 0.15) is 57.2 Å². The lowest BCUT2D eigenvalue weighted by molar-refractivity contribution is 0.332. The third-order valence-electron chi connectivity index (χ3n) is 15.7. The number of benzene rings is 9. The number of aromatic nitrogens is 1. The summed E-state index contributed by atoms with van der Waals surface area (Å²) in [6.45, 7) is 12.0. The predicted octanol–water partition coefficient (Wildman–Crippen LogP) is 15.1. The molecule has 0 spiro atoms. The van der Waals surface area contributed by atoms with Gasteiger partial charge in [0, 0.05) is 38.5 Å². The molecule has 0 radical (unpaired) electrons. The molecule has 3 aliphatic rings. The number of furan rings is 1. The van der Waals surface area contributed by atoms with Gasteiger partial charge in [0.25, 0.3) is 0 Å². The molecular formula is C61H47BN2O. The van der Waals surface area contributed by atoms with Gasteiger partial charge in [0.15, 0.2) is 5.58 Å². The maximum Gasteiger partial charge on any atom is 0.333 e. The van der Waals surface area contributed by atoms with E-state index in [1.807, 2.05) is 0 Å². The summed E-state index contributed by atoms with van der Waals surface area (Å²) in [4.78, 5) is 2.75. The highest BCUT2D eigenvalue weighted by Crippen LogP contribution is 2.53.